The molecule has 4 nitrogen and oxygen atoms in total. The van der Waals surface area contributed by atoms with Crippen LogP contribution in [0.1, 0.15) is 48.9 Å². The standard InChI is InChI=1S/C23H27NO3/c1-27-23(26)21(11-10-19-13-15-6-7-18(19)12-15)24-22(25)20-9-8-16-4-2-3-5-17(16)14-20/h2-5,8-9,14-15,18-19,21H,6-7,10-13H2,1H3,(H,24,25). The number of rotatable bonds is 6. The van der Waals surface area contributed by atoms with Crippen molar-refractivity contribution < 1.29 is 14.3 Å². The molecule has 1 N–H and O–H groups in total. The lowest BCUT2D eigenvalue weighted by Crippen LogP contribution is -2.42. The molecule has 4 rings (SSSR count). The molecule has 142 valence electrons. The molecule has 2 aromatic carbocycles. The van der Waals surface area contributed by atoms with Crippen molar-refractivity contribution in [2.24, 2.45) is 17.8 Å². The molecule has 1 amide bonds. The Labute approximate surface area is 160 Å². The molecule has 2 aliphatic rings. The van der Waals surface area contributed by atoms with Crippen LogP contribution < -0.4 is 5.32 Å². The van der Waals surface area contributed by atoms with E-state index < -0.39 is 6.04 Å². The van der Waals surface area contributed by atoms with Gasteiger partial charge in [-0.3, -0.25) is 4.79 Å². The summed E-state index contributed by atoms with van der Waals surface area (Å²) in [5.74, 6) is 1.85. The fourth-order valence-corrected chi connectivity index (χ4v) is 5.07. The summed E-state index contributed by atoms with van der Waals surface area (Å²) in [5, 5.41) is 5.01. The minimum Gasteiger partial charge on any atom is -0.467 e. The number of benzene rings is 2. The maximum absolute atomic E-state index is 12.7. The van der Waals surface area contributed by atoms with Crippen molar-refractivity contribution in [1.82, 2.24) is 5.32 Å². The highest BCUT2D eigenvalue weighted by atomic mass is 16.5. The Kier molecular flexibility index (Phi) is 5.15. The molecule has 0 heterocycles. The van der Waals surface area contributed by atoms with Gasteiger partial charge in [-0.2, -0.15) is 0 Å². The summed E-state index contributed by atoms with van der Waals surface area (Å²) in [6.07, 6.45) is 7.00. The van der Waals surface area contributed by atoms with Gasteiger partial charge in [0.25, 0.3) is 5.91 Å². The molecule has 27 heavy (non-hydrogen) atoms. The van der Waals surface area contributed by atoms with Crippen molar-refractivity contribution >= 4 is 22.6 Å². The molecule has 0 spiro atoms. The van der Waals surface area contributed by atoms with E-state index in [9.17, 15) is 9.59 Å². The number of carbonyl (C=O) groups is 2. The van der Waals surface area contributed by atoms with Crippen molar-refractivity contribution in [3.8, 4) is 0 Å². The first kappa shape index (κ1) is 18.0. The smallest absolute Gasteiger partial charge is 0.328 e. The number of nitrogens with one attached hydrogen (secondary N) is 1. The second-order valence-electron chi connectivity index (χ2n) is 8.12. The summed E-state index contributed by atoms with van der Waals surface area (Å²) < 4.78 is 4.94. The van der Waals surface area contributed by atoms with Crippen molar-refractivity contribution in [3.63, 3.8) is 0 Å². The number of hydrogen-bond acceptors (Lipinski definition) is 3. The first-order valence-corrected chi connectivity index (χ1v) is 10.0. The van der Waals surface area contributed by atoms with Crippen molar-refractivity contribution in [1.29, 1.82) is 0 Å². The first-order valence-electron chi connectivity index (χ1n) is 10.0. The lowest BCUT2D eigenvalue weighted by Gasteiger charge is -2.24. The van der Waals surface area contributed by atoms with Gasteiger partial charge in [-0.05, 0) is 72.8 Å². The maximum atomic E-state index is 12.7. The van der Waals surface area contributed by atoms with Crippen LogP contribution >= 0.6 is 0 Å². The monoisotopic (exact) mass is 365 g/mol. The third-order valence-electron chi connectivity index (χ3n) is 6.51. The van der Waals surface area contributed by atoms with E-state index >= 15 is 0 Å². The van der Waals surface area contributed by atoms with Crippen LogP contribution in [0.15, 0.2) is 42.5 Å². The summed E-state index contributed by atoms with van der Waals surface area (Å²) in [5.41, 5.74) is 0.572. The Morgan fingerprint density at radius 1 is 1.11 bits per heavy atom. The van der Waals surface area contributed by atoms with Gasteiger partial charge in [0.15, 0.2) is 0 Å². The molecule has 4 unspecified atom stereocenters. The fourth-order valence-electron chi connectivity index (χ4n) is 5.07. The third-order valence-corrected chi connectivity index (χ3v) is 6.51. The number of methoxy groups -OCH3 is 1. The molecular formula is C23H27NO3. The van der Waals surface area contributed by atoms with Gasteiger partial charge in [0.05, 0.1) is 7.11 Å². The third kappa shape index (κ3) is 3.85. The second kappa shape index (κ2) is 7.71. The van der Waals surface area contributed by atoms with Gasteiger partial charge in [0, 0.05) is 5.56 Å². The van der Waals surface area contributed by atoms with Gasteiger partial charge in [-0.25, -0.2) is 4.79 Å². The Hall–Kier alpha value is -2.36. The minimum atomic E-state index is -0.576. The van der Waals surface area contributed by atoms with E-state index in [-0.39, 0.29) is 11.9 Å². The molecule has 4 atom stereocenters. The molecule has 0 aromatic heterocycles. The molecule has 0 radical (unpaired) electrons. The Bertz CT molecular complexity index is 846. The summed E-state index contributed by atoms with van der Waals surface area (Å²) in [6, 6.07) is 13.0. The van der Waals surface area contributed by atoms with Crippen LogP contribution in [0.5, 0.6) is 0 Å². The lowest BCUT2D eigenvalue weighted by atomic mass is 9.84. The van der Waals surface area contributed by atoms with E-state index in [4.69, 9.17) is 4.74 Å². The highest BCUT2D eigenvalue weighted by Gasteiger charge is 2.39. The maximum Gasteiger partial charge on any atom is 0.328 e. The average molecular weight is 365 g/mol. The number of ether oxygens (including phenoxy) is 1. The van der Waals surface area contributed by atoms with Crippen LogP contribution in [0.2, 0.25) is 0 Å². The Balaban J connectivity index is 1.42. The van der Waals surface area contributed by atoms with E-state index in [0.717, 1.165) is 29.0 Å². The molecule has 2 aromatic rings. The van der Waals surface area contributed by atoms with Gasteiger partial charge in [-0.15, -0.1) is 0 Å². The van der Waals surface area contributed by atoms with Crippen LogP contribution in [0.4, 0.5) is 0 Å². The topological polar surface area (TPSA) is 55.4 Å². The van der Waals surface area contributed by atoms with Gasteiger partial charge in [-0.1, -0.05) is 36.8 Å². The van der Waals surface area contributed by atoms with E-state index in [1.165, 1.54) is 32.8 Å². The van der Waals surface area contributed by atoms with Crippen LogP contribution in [-0.2, 0) is 9.53 Å². The Morgan fingerprint density at radius 2 is 1.93 bits per heavy atom. The molecule has 4 heteroatoms. The average Bonchev–Trinajstić information content (AvgIpc) is 3.33. The highest BCUT2D eigenvalue weighted by molar-refractivity contribution is 6.00. The van der Waals surface area contributed by atoms with Crippen LogP contribution in [-0.4, -0.2) is 25.0 Å². The van der Waals surface area contributed by atoms with Crippen LogP contribution in [0.25, 0.3) is 10.8 Å². The molecule has 2 bridgehead atoms. The van der Waals surface area contributed by atoms with Crippen LogP contribution in [0, 0.1) is 17.8 Å². The summed E-state index contributed by atoms with van der Waals surface area (Å²) >= 11 is 0. The highest BCUT2D eigenvalue weighted by Crippen LogP contribution is 2.50. The van der Waals surface area contributed by atoms with Crippen LogP contribution in [0.3, 0.4) is 0 Å². The number of carbonyl (C=O) groups excluding carboxylic acids is 2. The van der Waals surface area contributed by atoms with E-state index in [0.29, 0.717) is 17.9 Å². The summed E-state index contributed by atoms with van der Waals surface area (Å²) in [6.45, 7) is 0. The fraction of sp³-hybridized carbons (Fsp3) is 0.478. The van der Waals surface area contributed by atoms with Gasteiger partial charge in [0.1, 0.15) is 6.04 Å². The molecule has 0 aliphatic heterocycles. The molecular weight excluding hydrogens is 338 g/mol. The first-order chi connectivity index (χ1) is 13.1. The zero-order chi connectivity index (χ0) is 18.8. The normalized spacial score (nSPS) is 24.7. The van der Waals surface area contributed by atoms with E-state index in [2.05, 4.69) is 5.32 Å². The predicted molar refractivity (Wildman–Crippen MR) is 105 cm³/mol. The number of esters is 1. The van der Waals surface area contributed by atoms with E-state index in [1.807, 2.05) is 42.5 Å². The van der Waals surface area contributed by atoms with Gasteiger partial charge >= 0.3 is 5.97 Å². The van der Waals surface area contributed by atoms with Crippen molar-refractivity contribution in [3.05, 3.63) is 48.0 Å². The minimum absolute atomic E-state index is 0.218. The van der Waals surface area contributed by atoms with Crippen molar-refractivity contribution in [2.75, 3.05) is 7.11 Å². The summed E-state index contributed by atoms with van der Waals surface area (Å²) in [4.78, 5) is 24.9. The predicted octanol–water partition coefficient (Wildman–Crippen LogP) is 4.33. The second-order valence-corrected chi connectivity index (χ2v) is 8.12. The molecule has 0 saturated heterocycles. The SMILES string of the molecule is COC(=O)C(CCC1CC2CCC1C2)NC(=O)c1ccc2ccccc2c1. The van der Waals surface area contributed by atoms with Gasteiger partial charge in [0.2, 0.25) is 0 Å². The molecule has 2 fully saturated rings. The molecule has 2 aliphatic carbocycles. The number of amides is 1. The largest absolute Gasteiger partial charge is 0.467 e. The Morgan fingerprint density at radius 3 is 2.63 bits per heavy atom. The zero-order valence-electron chi connectivity index (χ0n) is 15.8. The van der Waals surface area contributed by atoms with Gasteiger partial charge < -0.3 is 10.1 Å². The van der Waals surface area contributed by atoms with E-state index in [1.54, 1.807) is 0 Å². The number of fused-ring (bicyclic) bond motifs is 3. The summed E-state index contributed by atoms with van der Waals surface area (Å²) in [7, 11) is 1.38. The number of hydrogen-bond donors (Lipinski definition) is 1. The molecule has 2 saturated carbocycles. The lowest BCUT2D eigenvalue weighted by molar-refractivity contribution is -0.143. The quantitative estimate of drug-likeness (QED) is 0.775. The zero-order valence-corrected chi connectivity index (χ0v) is 15.8. The van der Waals surface area contributed by atoms with Crippen molar-refractivity contribution in [2.45, 2.75) is 44.6 Å².